The molecule has 2 aliphatic heterocycles. The summed E-state index contributed by atoms with van der Waals surface area (Å²) in [5.74, 6) is -0.281. The van der Waals surface area contributed by atoms with Crippen LogP contribution in [0.5, 0.6) is 5.75 Å². The minimum absolute atomic E-state index is 0.0309. The van der Waals surface area contributed by atoms with Crippen molar-refractivity contribution in [3.05, 3.63) is 83.4 Å². The Balaban J connectivity index is 1.55. The van der Waals surface area contributed by atoms with E-state index >= 15 is 0 Å². The molecule has 2 aliphatic rings. The zero-order chi connectivity index (χ0) is 34.0. The lowest BCUT2D eigenvalue weighted by molar-refractivity contribution is -0.182. The molecule has 2 amide bonds. The highest BCUT2D eigenvalue weighted by Crippen LogP contribution is 2.41. The summed E-state index contributed by atoms with van der Waals surface area (Å²) >= 11 is 0. The van der Waals surface area contributed by atoms with Crippen molar-refractivity contribution in [3.8, 4) is 16.9 Å². The van der Waals surface area contributed by atoms with Gasteiger partial charge >= 0.3 is 0 Å². The number of carbonyl (C=O) groups is 2. The van der Waals surface area contributed by atoms with Crippen molar-refractivity contribution in [2.75, 3.05) is 53.4 Å². The molecule has 252 valence electrons. The Bertz CT molecular complexity index is 1580. The SMILES string of the molecule is COc1c(CN2OC(CO)[C@@](C)(O)[C@H]2C(N)=O)cccc1-c1cc(C(=O)N2C(CN(C)C)CCC2c2ccccc2)cc(N(C)C)c1. The number of carbonyl (C=O) groups excluding carboxylic acids is 2. The molecule has 0 aromatic heterocycles. The fourth-order valence-electron chi connectivity index (χ4n) is 7.01. The molecule has 11 nitrogen and oxygen atoms in total. The first-order chi connectivity index (χ1) is 22.4. The molecule has 0 aliphatic carbocycles. The fraction of sp³-hybridized carbons (Fsp3) is 0.444. The second kappa shape index (κ2) is 14.0. The van der Waals surface area contributed by atoms with E-state index in [1.165, 1.54) is 12.0 Å². The number of primary amides is 1. The third-order valence-electron chi connectivity index (χ3n) is 9.31. The van der Waals surface area contributed by atoms with Gasteiger partial charge in [0.15, 0.2) is 0 Å². The number of hydroxylamine groups is 2. The van der Waals surface area contributed by atoms with E-state index in [2.05, 4.69) is 21.9 Å². The number of likely N-dealkylation sites (tertiary alicyclic amines) is 1. The first-order valence-electron chi connectivity index (χ1n) is 15.9. The largest absolute Gasteiger partial charge is 0.496 e. The van der Waals surface area contributed by atoms with Gasteiger partial charge in [0.05, 0.1) is 26.3 Å². The quantitative estimate of drug-likeness (QED) is 0.288. The van der Waals surface area contributed by atoms with Crippen molar-refractivity contribution in [3.63, 3.8) is 0 Å². The van der Waals surface area contributed by atoms with Gasteiger partial charge in [-0.1, -0.05) is 48.5 Å². The number of benzene rings is 3. The number of para-hydroxylation sites is 1. The zero-order valence-corrected chi connectivity index (χ0v) is 28.1. The van der Waals surface area contributed by atoms with E-state index in [1.54, 1.807) is 7.11 Å². The molecule has 3 unspecified atom stereocenters. The summed E-state index contributed by atoms with van der Waals surface area (Å²) in [6.07, 6.45) is 0.773. The second-order valence-corrected chi connectivity index (χ2v) is 13.2. The molecule has 5 atom stereocenters. The van der Waals surface area contributed by atoms with Gasteiger partial charge in [-0.05, 0) is 63.2 Å². The molecule has 0 radical (unpaired) electrons. The summed E-state index contributed by atoms with van der Waals surface area (Å²) in [6.45, 7) is 1.75. The molecule has 3 aromatic carbocycles. The molecule has 4 N–H and O–H groups in total. The first kappa shape index (κ1) is 34.3. The van der Waals surface area contributed by atoms with E-state index in [-0.39, 0.29) is 24.5 Å². The van der Waals surface area contributed by atoms with E-state index in [0.717, 1.165) is 41.8 Å². The van der Waals surface area contributed by atoms with Crippen LogP contribution in [0.4, 0.5) is 5.69 Å². The smallest absolute Gasteiger partial charge is 0.254 e. The van der Waals surface area contributed by atoms with Gasteiger partial charge in [-0.15, -0.1) is 0 Å². The molecule has 2 heterocycles. The van der Waals surface area contributed by atoms with Gasteiger partial charge in [0.1, 0.15) is 23.5 Å². The highest BCUT2D eigenvalue weighted by molar-refractivity contribution is 5.98. The number of methoxy groups -OCH3 is 1. The number of rotatable bonds is 11. The van der Waals surface area contributed by atoms with Crippen molar-refractivity contribution < 1.29 is 29.4 Å². The molecule has 3 aromatic rings. The van der Waals surface area contributed by atoms with Crippen molar-refractivity contribution in [2.24, 2.45) is 5.73 Å². The minimum Gasteiger partial charge on any atom is -0.496 e. The molecule has 2 saturated heterocycles. The van der Waals surface area contributed by atoms with E-state index < -0.39 is 30.3 Å². The van der Waals surface area contributed by atoms with Crippen molar-refractivity contribution in [1.29, 1.82) is 0 Å². The van der Waals surface area contributed by atoms with Crippen LogP contribution in [0.25, 0.3) is 11.1 Å². The summed E-state index contributed by atoms with van der Waals surface area (Å²) < 4.78 is 5.95. The number of ether oxygens (including phenoxy) is 1. The maximum atomic E-state index is 14.6. The second-order valence-electron chi connectivity index (χ2n) is 13.2. The van der Waals surface area contributed by atoms with E-state index in [1.807, 2.05) is 87.7 Å². The van der Waals surface area contributed by atoms with Crippen LogP contribution >= 0.6 is 0 Å². The zero-order valence-electron chi connectivity index (χ0n) is 28.1. The Morgan fingerprint density at radius 3 is 2.38 bits per heavy atom. The van der Waals surface area contributed by atoms with Gasteiger partial charge in [-0.2, -0.15) is 5.06 Å². The predicted octanol–water partition coefficient (Wildman–Crippen LogP) is 3.05. The lowest BCUT2D eigenvalue weighted by Crippen LogP contribution is -2.54. The Kier molecular flexibility index (Phi) is 10.2. The van der Waals surface area contributed by atoms with Crippen molar-refractivity contribution in [1.82, 2.24) is 14.9 Å². The summed E-state index contributed by atoms with van der Waals surface area (Å²) in [7, 11) is 9.51. The van der Waals surface area contributed by atoms with Crippen LogP contribution in [0.1, 0.15) is 47.3 Å². The maximum Gasteiger partial charge on any atom is 0.254 e. The predicted molar refractivity (Wildman–Crippen MR) is 181 cm³/mol. The van der Waals surface area contributed by atoms with E-state index in [0.29, 0.717) is 16.9 Å². The number of anilines is 1. The summed E-state index contributed by atoms with van der Waals surface area (Å²) in [6, 6.07) is 20.5. The Morgan fingerprint density at radius 1 is 1.04 bits per heavy atom. The molecule has 11 heteroatoms. The van der Waals surface area contributed by atoms with Crippen molar-refractivity contribution in [2.45, 2.75) is 56.1 Å². The third kappa shape index (κ3) is 6.86. The maximum absolute atomic E-state index is 14.6. The molecule has 0 saturated carbocycles. The molecule has 47 heavy (non-hydrogen) atoms. The van der Waals surface area contributed by atoms with Crippen molar-refractivity contribution >= 4 is 17.5 Å². The van der Waals surface area contributed by atoms with Gasteiger partial charge < -0.3 is 35.4 Å². The molecular formula is C36H47N5O6. The van der Waals surface area contributed by atoms with Gasteiger partial charge in [0, 0.05) is 49.1 Å². The molecule has 2 fully saturated rings. The summed E-state index contributed by atoms with van der Waals surface area (Å²) in [5, 5.41) is 22.1. The number of likely N-dealkylation sites (N-methyl/N-ethyl adjacent to an activating group) is 1. The number of hydrogen-bond acceptors (Lipinski definition) is 9. The molecule has 0 bridgehead atoms. The van der Waals surface area contributed by atoms with Crippen LogP contribution in [0.15, 0.2) is 66.7 Å². The topological polar surface area (TPSA) is 132 Å². The number of nitrogens with two attached hydrogens (primary N) is 1. The first-order valence-corrected chi connectivity index (χ1v) is 15.9. The Labute approximate surface area is 277 Å². The Hall–Kier alpha value is -4.00. The highest BCUT2D eigenvalue weighted by atomic mass is 16.7. The molecule has 5 rings (SSSR count). The van der Waals surface area contributed by atoms with Crippen LogP contribution in [0.2, 0.25) is 0 Å². The number of aliphatic hydroxyl groups is 2. The highest BCUT2D eigenvalue weighted by Gasteiger charge is 2.54. The van der Waals surface area contributed by atoms with E-state index in [4.69, 9.17) is 15.3 Å². The van der Waals surface area contributed by atoms with Gasteiger partial charge in [0.2, 0.25) is 5.91 Å². The number of aliphatic hydroxyl groups excluding tert-OH is 1. The summed E-state index contributed by atoms with van der Waals surface area (Å²) in [5.41, 5.74) is 8.73. The number of nitrogens with zero attached hydrogens (tertiary/aromatic N) is 4. The lowest BCUT2D eigenvalue weighted by atomic mass is 9.91. The minimum atomic E-state index is -1.70. The Morgan fingerprint density at radius 2 is 1.77 bits per heavy atom. The number of amides is 2. The monoisotopic (exact) mass is 645 g/mol. The average Bonchev–Trinajstić information content (AvgIpc) is 3.56. The summed E-state index contributed by atoms with van der Waals surface area (Å²) in [4.78, 5) is 39.0. The van der Waals surface area contributed by atoms with Gasteiger partial charge in [-0.3, -0.25) is 14.4 Å². The van der Waals surface area contributed by atoms with Gasteiger partial charge in [0.25, 0.3) is 5.91 Å². The average molecular weight is 646 g/mol. The van der Waals surface area contributed by atoms with Crippen LogP contribution in [0, 0.1) is 0 Å². The van der Waals surface area contributed by atoms with Crippen LogP contribution < -0.4 is 15.4 Å². The van der Waals surface area contributed by atoms with E-state index in [9.17, 15) is 19.8 Å². The van der Waals surface area contributed by atoms with Crippen LogP contribution in [-0.2, 0) is 16.2 Å². The van der Waals surface area contributed by atoms with Crippen LogP contribution in [-0.4, -0.2) is 109 Å². The standard InChI is InChI=1S/C36H47N5O6/c1-36(45)31(22-42)47-40(33(36)34(37)43)20-24-13-10-14-29(32(24)46-6)25-17-26(19-28(18-25)39(4)5)35(44)41-27(21-38(2)3)15-16-30(41)23-11-8-7-9-12-23/h7-14,17-19,27,30-31,33,42,45H,15-16,20-22H2,1-6H3,(H2,37,43)/t27?,30?,31?,33-,36-/m1/s1. The third-order valence-corrected chi connectivity index (χ3v) is 9.31. The number of hydrogen-bond donors (Lipinski definition) is 3. The van der Waals surface area contributed by atoms with Gasteiger partial charge in [-0.25, -0.2) is 0 Å². The fourth-order valence-corrected chi connectivity index (χ4v) is 7.01. The molecular weight excluding hydrogens is 598 g/mol. The lowest BCUT2D eigenvalue weighted by Gasteiger charge is -2.33. The van der Waals surface area contributed by atoms with Crippen LogP contribution in [0.3, 0.4) is 0 Å². The molecule has 0 spiro atoms. The normalized spacial score (nSPS) is 24.6.